The van der Waals surface area contributed by atoms with Crippen LogP contribution in [0.2, 0.25) is 0 Å². The van der Waals surface area contributed by atoms with Crippen molar-refractivity contribution in [2.45, 2.75) is 0 Å². The third kappa shape index (κ3) is 5.10. The zero-order chi connectivity index (χ0) is 20.1. The van der Waals surface area contributed by atoms with Crippen LogP contribution in [0.5, 0.6) is 11.6 Å². The van der Waals surface area contributed by atoms with Gasteiger partial charge in [-0.05, 0) is 36.4 Å². The molecule has 0 radical (unpaired) electrons. The molecular weight excluding hydrogens is 436 g/mol. The maximum Gasteiger partial charge on any atom is 0.257 e. The lowest BCUT2D eigenvalue weighted by molar-refractivity contribution is 0.102. The molecule has 1 aliphatic heterocycles. The van der Waals surface area contributed by atoms with Gasteiger partial charge in [-0.3, -0.25) is 4.79 Å². The summed E-state index contributed by atoms with van der Waals surface area (Å²) in [5.74, 6) is 1.70. The van der Waals surface area contributed by atoms with Crippen LogP contribution < -0.4 is 15.0 Å². The van der Waals surface area contributed by atoms with Crippen molar-refractivity contribution in [3.63, 3.8) is 0 Å². The first-order chi connectivity index (χ1) is 14.2. The van der Waals surface area contributed by atoms with Crippen LogP contribution in [0.25, 0.3) is 0 Å². The van der Waals surface area contributed by atoms with E-state index in [2.05, 4.69) is 36.1 Å². The molecule has 29 heavy (non-hydrogen) atoms. The van der Waals surface area contributed by atoms with Crippen LogP contribution in [0, 0.1) is 0 Å². The lowest BCUT2D eigenvalue weighted by atomic mass is 10.2. The highest BCUT2D eigenvalue weighted by molar-refractivity contribution is 9.10. The van der Waals surface area contributed by atoms with Gasteiger partial charge < -0.3 is 19.7 Å². The van der Waals surface area contributed by atoms with Gasteiger partial charge in [0.05, 0.1) is 30.7 Å². The number of hydrogen-bond donors (Lipinski definition) is 1. The molecule has 1 aliphatic rings. The van der Waals surface area contributed by atoms with Gasteiger partial charge in [0.1, 0.15) is 11.6 Å². The molecule has 148 valence electrons. The maximum atomic E-state index is 12.5. The molecular formula is C21H19BrN4O3. The molecule has 1 N–H and O–H groups in total. The number of ether oxygens (including phenoxy) is 2. The number of carbonyl (C=O) groups is 1. The summed E-state index contributed by atoms with van der Waals surface area (Å²) < 4.78 is 12.0. The number of hydrogen-bond acceptors (Lipinski definition) is 6. The number of aromatic nitrogens is 2. The monoisotopic (exact) mass is 454 g/mol. The third-order valence-electron chi connectivity index (χ3n) is 4.36. The molecule has 3 aromatic rings. The molecule has 1 saturated heterocycles. The quantitative estimate of drug-likeness (QED) is 0.624. The fraction of sp³-hybridized carbons (Fsp3) is 0.190. The van der Waals surface area contributed by atoms with Crippen LogP contribution >= 0.6 is 15.9 Å². The highest BCUT2D eigenvalue weighted by Gasteiger charge is 2.13. The van der Waals surface area contributed by atoms with Gasteiger partial charge in [0.2, 0.25) is 5.88 Å². The number of morpholine rings is 1. The SMILES string of the molecule is O=C(Nc1ccc(N2CCOCC2)nc1)c1ccc(Oc2cccc(Br)c2)nc1. The minimum atomic E-state index is -0.257. The van der Waals surface area contributed by atoms with Crippen molar-refractivity contribution in [1.29, 1.82) is 0 Å². The molecule has 0 bridgehead atoms. The van der Waals surface area contributed by atoms with Crippen LogP contribution in [0.4, 0.5) is 11.5 Å². The van der Waals surface area contributed by atoms with Gasteiger partial charge in [-0.15, -0.1) is 0 Å². The second-order valence-electron chi connectivity index (χ2n) is 6.40. The molecule has 1 fully saturated rings. The van der Waals surface area contributed by atoms with Gasteiger partial charge >= 0.3 is 0 Å². The Hall–Kier alpha value is -2.97. The molecule has 1 amide bonds. The summed E-state index contributed by atoms with van der Waals surface area (Å²) in [5, 5.41) is 2.83. The molecule has 0 unspecified atom stereocenters. The Morgan fingerprint density at radius 3 is 2.62 bits per heavy atom. The molecule has 7 nitrogen and oxygen atoms in total. The predicted octanol–water partition coefficient (Wildman–Crippen LogP) is 4.12. The zero-order valence-electron chi connectivity index (χ0n) is 15.5. The lowest BCUT2D eigenvalue weighted by Gasteiger charge is -2.27. The van der Waals surface area contributed by atoms with Crippen molar-refractivity contribution in [3.8, 4) is 11.6 Å². The largest absolute Gasteiger partial charge is 0.439 e. The molecule has 0 saturated carbocycles. The molecule has 2 aromatic heterocycles. The van der Waals surface area contributed by atoms with E-state index in [0.717, 1.165) is 23.4 Å². The average molecular weight is 455 g/mol. The van der Waals surface area contributed by atoms with Gasteiger partial charge in [-0.1, -0.05) is 22.0 Å². The number of halogens is 1. The number of nitrogens with one attached hydrogen (secondary N) is 1. The van der Waals surface area contributed by atoms with Crippen LogP contribution in [0.15, 0.2) is 65.4 Å². The normalized spacial score (nSPS) is 13.8. The standard InChI is InChI=1S/C21H19BrN4O3/c22-16-2-1-3-18(12-16)29-20-7-4-15(13-24-20)21(27)25-17-5-6-19(23-14-17)26-8-10-28-11-9-26/h1-7,12-14H,8-11H2,(H,25,27). The molecule has 0 atom stereocenters. The first-order valence-corrected chi connectivity index (χ1v) is 9.96. The molecule has 4 rings (SSSR count). The molecule has 8 heteroatoms. The maximum absolute atomic E-state index is 12.5. The van der Waals surface area contributed by atoms with Crippen molar-refractivity contribution < 1.29 is 14.3 Å². The van der Waals surface area contributed by atoms with Crippen LogP contribution in [-0.2, 0) is 4.74 Å². The molecule has 0 spiro atoms. The summed E-state index contributed by atoms with van der Waals surface area (Å²) in [6.45, 7) is 3.04. The topological polar surface area (TPSA) is 76.6 Å². The van der Waals surface area contributed by atoms with Crippen molar-refractivity contribution >= 4 is 33.3 Å². The van der Waals surface area contributed by atoms with Gasteiger partial charge in [0.15, 0.2) is 0 Å². The number of anilines is 2. The highest BCUT2D eigenvalue weighted by atomic mass is 79.9. The fourth-order valence-corrected chi connectivity index (χ4v) is 3.25. The van der Waals surface area contributed by atoms with Gasteiger partial charge in [-0.25, -0.2) is 9.97 Å². The number of pyridine rings is 2. The van der Waals surface area contributed by atoms with Crippen LogP contribution in [-0.4, -0.2) is 42.2 Å². The number of amides is 1. The van der Waals surface area contributed by atoms with Gasteiger partial charge in [0, 0.05) is 29.8 Å². The van der Waals surface area contributed by atoms with Gasteiger partial charge in [-0.2, -0.15) is 0 Å². The second-order valence-corrected chi connectivity index (χ2v) is 7.32. The van der Waals surface area contributed by atoms with Crippen LogP contribution in [0.3, 0.4) is 0 Å². The third-order valence-corrected chi connectivity index (χ3v) is 4.85. The number of nitrogens with zero attached hydrogens (tertiary/aromatic N) is 3. The Morgan fingerprint density at radius 2 is 1.93 bits per heavy atom. The van der Waals surface area contributed by atoms with E-state index < -0.39 is 0 Å². The summed E-state index contributed by atoms with van der Waals surface area (Å²) in [6, 6.07) is 14.5. The van der Waals surface area contributed by atoms with E-state index in [4.69, 9.17) is 9.47 Å². The van der Waals surface area contributed by atoms with E-state index in [0.29, 0.717) is 36.1 Å². The fourth-order valence-electron chi connectivity index (χ4n) is 2.87. The average Bonchev–Trinajstić information content (AvgIpc) is 2.75. The van der Waals surface area contributed by atoms with E-state index in [1.807, 2.05) is 36.4 Å². The molecule has 1 aromatic carbocycles. The Bertz CT molecular complexity index is 974. The Kier molecular flexibility index (Phi) is 6.02. The Morgan fingerprint density at radius 1 is 1.07 bits per heavy atom. The minimum absolute atomic E-state index is 0.257. The van der Waals surface area contributed by atoms with E-state index >= 15 is 0 Å². The van der Waals surface area contributed by atoms with E-state index in [9.17, 15) is 4.79 Å². The first kappa shape index (κ1) is 19.4. The number of benzene rings is 1. The highest BCUT2D eigenvalue weighted by Crippen LogP contribution is 2.23. The smallest absolute Gasteiger partial charge is 0.257 e. The van der Waals surface area contributed by atoms with E-state index in [1.54, 1.807) is 18.3 Å². The summed E-state index contributed by atoms with van der Waals surface area (Å²) >= 11 is 3.40. The van der Waals surface area contributed by atoms with Gasteiger partial charge in [0.25, 0.3) is 5.91 Å². The van der Waals surface area contributed by atoms with E-state index in [-0.39, 0.29) is 5.91 Å². The molecule has 0 aliphatic carbocycles. The Labute approximate surface area is 176 Å². The number of rotatable bonds is 5. The summed E-state index contributed by atoms with van der Waals surface area (Å²) in [6.07, 6.45) is 3.14. The van der Waals surface area contributed by atoms with Crippen molar-refractivity contribution in [1.82, 2.24) is 9.97 Å². The second kappa shape index (κ2) is 9.02. The van der Waals surface area contributed by atoms with Crippen LogP contribution in [0.1, 0.15) is 10.4 Å². The minimum Gasteiger partial charge on any atom is -0.439 e. The van der Waals surface area contributed by atoms with Crippen molar-refractivity contribution in [2.24, 2.45) is 0 Å². The van der Waals surface area contributed by atoms with Crippen molar-refractivity contribution in [3.05, 3.63) is 71.0 Å². The first-order valence-electron chi connectivity index (χ1n) is 9.17. The Balaban J connectivity index is 1.36. The van der Waals surface area contributed by atoms with Crippen molar-refractivity contribution in [2.75, 3.05) is 36.5 Å². The van der Waals surface area contributed by atoms with E-state index in [1.165, 1.54) is 6.20 Å². The molecule has 3 heterocycles. The zero-order valence-corrected chi connectivity index (χ0v) is 17.1. The lowest BCUT2D eigenvalue weighted by Crippen LogP contribution is -2.36. The number of carbonyl (C=O) groups excluding carboxylic acids is 1. The summed E-state index contributed by atoms with van der Waals surface area (Å²) in [4.78, 5) is 23.3. The predicted molar refractivity (Wildman–Crippen MR) is 114 cm³/mol. The summed E-state index contributed by atoms with van der Waals surface area (Å²) in [5.41, 5.74) is 1.06. The summed E-state index contributed by atoms with van der Waals surface area (Å²) in [7, 11) is 0.